The van der Waals surface area contributed by atoms with Crippen LogP contribution in [0.4, 0.5) is 5.69 Å². The number of halogens is 1. The van der Waals surface area contributed by atoms with E-state index in [2.05, 4.69) is 14.8 Å². The molecule has 1 aromatic carbocycles. The van der Waals surface area contributed by atoms with E-state index in [0.717, 1.165) is 42.6 Å². The fourth-order valence-electron chi connectivity index (χ4n) is 2.86. The normalized spacial score (nSPS) is 16.3. The second-order valence-corrected chi connectivity index (χ2v) is 6.78. The highest BCUT2D eigenvalue weighted by atomic mass is 35.5. The quantitative estimate of drug-likeness (QED) is 0.794. The van der Waals surface area contributed by atoms with Gasteiger partial charge >= 0.3 is 0 Å². The van der Waals surface area contributed by atoms with Crippen molar-refractivity contribution in [2.45, 2.75) is 13.0 Å². The number of phenols is 1. The number of aromatic nitrogens is 1. The van der Waals surface area contributed by atoms with Gasteiger partial charge in [-0.1, -0.05) is 23.5 Å². The van der Waals surface area contributed by atoms with Crippen LogP contribution in [0.3, 0.4) is 0 Å². The lowest BCUT2D eigenvalue weighted by molar-refractivity contribution is 0.0673. The Morgan fingerprint density at radius 2 is 1.96 bits per heavy atom. The van der Waals surface area contributed by atoms with Crippen LogP contribution in [-0.2, 0) is 0 Å². The van der Waals surface area contributed by atoms with E-state index in [-0.39, 0.29) is 19.0 Å². The van der Waals surface area contributed by atoms with E-state index in [0.29, 0.717) is 12.3 Å². The van der Waals surface area contributed by atoms with Gasteiger partial charge < -0.3 is 19.8 Å². The Hall–Kier alpha value is -1.54. The van der Waals surface area contributed by atoms with Crippen LogP contribution in [0.1, 0.15) is 5.69 Å². The molecule has 138 valence electrons. The molecule has 8 heteroatoms. The summed E-state index contributed by atoms with van der Waals surface area (Å²) in [6.45, 7) is 6.14. The molecule has 1 fully saturated rings. The number of aromatic hydroxyl groups is 1. The molecule has 1 atom stereocenters. The molecule has 1 aliphatic heterocycles. The molecular formula is C17H24ClN3O3S. The van der Waals surface area contributed by atoms with Crippen LogP contribution in [0.2, 0.25) is 0 Å². The molecule has 0 saturated carbocycles. The summed E-state index contributed by atoms with van der Waals surface area (Å²) in [5, 5.41) is 20.9. The van der Waals surface area contributed by atoms with E-state index >= 15 is 0 Å². The summed E-state index contributed by atoms with van der Waals surface area (Å²) in [7, 11) is 0. The SMILES string of the molecule is Cc1ncsc1OCC(O)CN1CCN(c2ccccc2O)CC1.Cl. The maximum absolute atomic E-state index is 10.2. The Labute approximate surface area is 158 Å². The average molecular weight is 386 g/mol. The summed E-state index contributed by atoms with van der Waals surface area (Å²) >= 11 is 1.45. The van der Waals surface area contributed by atoms with Gasteiger partial charge in [0.15, 0.2) is 5.06 Å². The predicted molar refractivity (Wildman–Crippen MR) is 102 cm³/mol. The zero-order valence-corrected chi connectivity index (χ0v) is 15.8. The highest BCUT2D eigenvalue weighted by molar-refractivity contribution is 7.11. The lowest BCUT2D eigenvalue weighted by Gasteiger charge is -2.37. The Bertz CT molecular complexity index is 662. The number of ether oxygens (including phenoxy) is 1. The van der Waals surface area contributed by atoms with Gasteiger partial charge in [0, 0.05) is 32.7 Å². The van der Waals surface area contributed by atoms with Crippen molar-refractivity contribution in [3.63, 3.8) is 0 Å². The van der Waals surface area contributed by atoms with Crippen molar-refractivity contribution < 1.29 is 14.9 Å². The Morgan fingerprint density at radius 3 is 2.60 bits per heavy atom. The van der Waals surface area contributed by atoms with Crippen LogP contribution < -0.4 is 9.64 Å². The molecule has 6 nitrogen and oxygen atoms in total. The molecular weight excluding hydrogens is 362 g/mol. The first-order valence-electron chi connectivity index (χ1n) is 8.09. The number of aryl methyl sites for hydroxylation is 1. The molecule has 1 aromatic heterocycles. The molecule has 2 N–H and O–H groups in total. The third kappa shape index (κ3) is 5.22. The smallest absolute Gasteiger partial charge is 0.197 e. The minimum atomic E-state index is -0.525. The van der Waals surface area contributed by atoms with Gasteiger partial charge in [-0.3, -0.25) is 4.90 Å². The number of hydrogen-bond donors (Lipinski definition) is 2. The van der Waals surface area contributed by atoms with Crippen molar-refractivity contribution in [2.24, 2.45) is 0 Å². The Balaban J connectivity index is 0.00000225. The lowest BCUT2D eigenvalue weighted by atomic mass is 10.2. The Morgan fingerprint density at radius 1 is 1.24 bits per heavy atom. The van der Waals surface area contributed by atoms with Crippen molar-refractivity contribution in [3.05, 3.63) is 35.5 Å². The molecule has 25 heavy (non-hydrogen) atoms. The van der Waals surface area contributed by atoms with E-state index in [1.807, 2.05) is 25.1 Å². The number of hydrogen-bond acceptors (Lipinski definition) is 7. The summed E-state index contributed by atoms with van der Waals surface area (Å²) < 4.78 is 5.62. The standard InChI is InChI=1S/C17H23N3O3S.ClH/c1-13-17(24-12-18-13)23-11-14(21)10-19-6-8-20(9-7-19)15-4-2-3-5-16(15)22;/h2-5,12,14,21-22H,6-11H2,1H3;1H. The van der Waals surface area contributed by atoms with Crippen molar-refractivity contribution in [1.29, 1.82) is 0 Å². The van der Waals surface area contributed by atoms with Gasteiger partial charge in [-0.15, -0.1) is 12.4 Å². The molecule has 1 saturated heterocycles. The van der Waals surface area contributed by atoms with E-state index in [4.69, 9.17) is 4.74 Å². The molecule has 1 aliphatic rings. The number of phenolic OH excluding ortho intramolecular Hbond substituents is 1. The van der Waals surface area contributed by atoms with Crippen LogP contribution in [-0.4, -0.2) is 65.5 Å². The number of β-amino-alcohol motifs (C(OH)–C–C–N with tert-alkyl or cyclic N) is 1. The molecule has 0 amide bonds. The van der Waals surface area contributed by atoms with Crippen molar-refractivity contribution in [2.75, 3.05) is 44.2 Å². The summed E-state index contributed by atoms with van der Waals surface area (Å²) in [5.74, 6) is 0.319. The van der Waals surface area contributed by atoms with E-state index in [1.54, 1.807) is 11.6 Å². The van der Waals surface area contributed by atoms with Gasteiger partial charge in [0.25, 0.3) is 0 Å². The molecule has 0 bridgehead atoms. The maximum atomic E-state index is 10.2. The highest BCUT2D eigenvalue weighted by Gasteiger charge is 2.21. The van der Waals surface area contributed by atoms with Gasteiger partial charge in [0.05, 0.1) is 16.9 Å². The minimum Gasteiger partial charge on any atom is -0.506 e. The number of aliphatic hydroxyl groups excluding tert-OH is 1. The molecule has 0 spiro atoms. The number of rotatable bonds is 6. The van der Waals surface area contributed by atoms with Crippen LogP contribution in [0.25, 0.3) is 0 Å². The van der Waals surface area contributed by atoms with Crippen molar-refractivity contribution in [1.82, 2.24) is 9.88 Å². The van der Waals surface area contributed by atoms with Gasteiger partial charge in [-0.2, -0.15) is 0 Å². The number of nitrogens with zero attached hydrogens (tertiary/aromatic N) is 3. The van der Waals surface area contributed by atoms with Gasteiger partial charge in [0.1, 0.15) is 18.5 Å². The van der Waals surface area contributed by atoms with Gasteiger partial charge in [-0.25, -0.2) is 4.98 Å². The Kier molecular flexibility index (Phi) is 7.31. The second kappa shape index (κ2) is 9.24. The zero-order chi connectivity index (χ0) is 16.9. The fraction of sp³-hybridized carbons (Fsp3) is 0.471. The summed E-state index contributed by atoms with van der Waals surface area (Å²) in [6.07, 6.45) is -0.525. The van der Waals surface area contributed by atoms with Crippen molar-refractivity contribution in [3.8, 4) is 10.8 Å². The fourth-order valence-corrected chi connectivity index (χ4v) is 3.52. The van der Waals surface area contributed by atoms with Crippen LogP contribution in [0.15, 0.2) is 29.8 Å². The molecule has 1 unspecified atom stereocenters. The lowest BCUT2D eigenvalue weighted by Crippen LogP contribution is -2.49. The van der Waals surface area contributed by atoms with Gasteiger partial charge in [0.2, 0.25) is 0 Å². The average Bonchev–Trinajstić information content (AvgIpc) is 2.99. The number of para-hydroxylation sites is 2. The third-order valence-corrected chi connectivity index (χ3v) is 5.01. The zero-order valence-electron chi connectivity index (χ0n) is 14.2. The molecule has 2 heterocycles. The third-order valence-electron chi connectivity index (χ3n) is 4.17. The summed E-state index contributed by atoms with van der Waals surface area (Å²) in [4.78, 5) is 8.53. The van der Waals surface area contributed by atoms with E-state index in [1.165, 1.54) is 11.3 Å². The first-order valence-corrected chi connectivity index (χ1v) is 8.97. The largest absolute Gasteiger partial charge is 0.506 e. The number of aliphatic hydroxyl groups is 1. The minimum absolute atomic E-state index is 0. The molecule has 0 radical (unpaired) electrons. The first kappa shape index (κ1) is 19.8. The topological polar surface area (TPSA) is 69.1 Å². The monoisotopic (exact) mass is 385 g/mol. The number of benzene rings is 1. The molecule has 2 aromatic rings. The van der Waals surface area contributed by atoms with Gasteiger partial charge in [-0.05, 0) is 19.1 Å². The highest BCUT2D eigenvalue weighted by Crippen LogP contribution is 2.27. The second-order valence-electron chi connectivity index (χ2n) is 5.97. The predicted octanol–water partition coefficient (Wildman–Crippen LogP) is 2.14. The van der Waals surface area contributed by atoms with E-state index < -0.39 is 6.10 Å². The summed E-state index contributed by atoms with van der Waals surface area (Å²) in [6, 6.07) is 7.41. The molecule has 0 aliphatic carbocycles. The molecule has 3 rings (SSSR count). The van der Waals surface area contributed by atoms with Crippen LogP contribution in [0, 0.1) is 6.92 Å². The van der Waals surface area contributed by atoms with Crippen LogP contribution in [0.5, 0.6) is 10.8 Å². The number of piperazine rings is 1. The number of anilines is 1. The number of thiazole rings is 1. The first-order chi connectivity index (χ1) is 11.6. The van der Waals surface area contributed by atoms with Crippen LogP contribution >= 0.6 is 23.7 Å². The summed E-state index contributed by atoms with van der Waals surface area (Å²) in [5.41, 5.74) is 3.49. The van der Waals surface area contributed by atoms with E-state index in [9.17, 15) is 10.2 Å². The van der Waals surface area contributed by atoms with Crippen molar-refractivity contribution >= 4 is 29.4 Å². The maximum Gasteiger partial charge on any atom is 0.197 e.